The maximum Gasteiger partial charge on any atom is 0.268 e. The first kappa shape index (κ1) is 16.6. The Morgan fingerprint density at radius 2 is 2.04 bits per heavy atom. The van der Waals surface area contributed by atoms with Crippen molar-refractivity contribution >= 4 is 33.4 Å². The molecule has 7 heteroatoms. The smallest absolute Gasteiger partial charge is 0.268 e. The quantitative estimate of drug-likeness (QED) is 0.802. The van der Waals surface area contributed by atoms with Gasteiger partial charge in [-0.2, -0.15) is 0 Å². The van der Waals surface area contributed by atoms with Crippen molar-refractivity contribution in [2.45, 2.75) is 19.6 Å². The Morgan fingerprint density at radius 3 is 2.75 bits per heavy atom. The van der Waals surface area contributed by atoms with Crippen molar-refractivity contribution in [3.8, 4) is 5.75 Å². The largest absolute Gasteiger partial charge is 0.479 e. The molecule has 24 heavy (non-hydrogen) atoms. The van der Waals surface area contributed by atoms with Crippen LogP contribution in [-0.4, -0.2) is 36.4 Å². The van der Waals surface area contributed by atoms with E-state index >= 15 is 0 Å². The van der Waals surface area contributed by atoms with Gasteiger partial charge in [-0.1, -0.05) is 12.1 Å². The molecular formula is C17H17BrN2O4. The van der Waals surface area contributed by atoms with Crippen LogP contribution in [0.1, 0.15) is 12.7 Å². The first-order valence-corrected chi connectivity index (χ1v) is 8.30. The molecule has 1 unspecified atom stereocenters. The first-order valence-electron chi connectivity index (χ1n) is 7.51. The van der Waals surface area contributed by atoms with Gasteiger partial charge < -0.3 is 14.1 Å². The summed E-state index contributed by atoms with van der Waals surface area (Å²) in [5.41, 5.74) is 0.614. The van der Waals surface area contributed by atoms with Crippen molar-refractivity contribution in [1.82, 2.24) is 4.90 Å². The number of rotatable bonds is 4. The highest BCUT2D eigenvalue weighted by Gasteiger charge is 2.33. The lowest BCUT2D eigenvalue weighted by atomic mass is 10.2. The molecule has 0 radical (unpaired) electrons. The van der Waals surface area contributed by atoms with E-state index in [9.17, 15) is 9.59 Å². The van der Waals surface area contributed by atoms with Gasteiger partial charge in [-0.25, -0.2) is 0 Å². The second-order valence-electron chi connectivity index (χ2n) is 5.61. The maximum atomic E-state index is 12.5. The highest BCUT2D eigenvalue weighted by molar-refractivity contribution is 9.10. The third kappa shape index (κ3) is 3.31. The molecule has 2 amide bonds. The van der Waals surface area contributed by atoms with Crippen LogP contribution in [0, 0.1) is 0 Å². The molecule has 1 aromatic heterocycles. The van der Waals surface area contributed by atoms with Gasteiger partial charge in [-0.3, -0.25) is 14.5 Å². The molecule has 1 atom stereocenters. The number of nitrogens with zero attached hydrogens (tertiary/aromatic N) is 2. The van der Waals surface area contributed by atoms with Crippen molar-refractivity contribution in [2.75, 3.05) is 18.5 Å². The number of carbonyl (C=O) groups excluding carboxylic acids is 2. The molecule has 0 saturated carbocycles. The van der Waals surface area contributed by atoms with E-state index in [1.165, 1.54) is 9.80 Å². The molecule has 0 bridgehead atoms. The van der Waals surface area contributed by atoms with Crippen LogP contribution in [0.25, 0.3) is 0 Å². The second-order valence-corrected chi connectivity index (χ2v) is 6.39. The lowest BCUT2D eigenvalue weighted by Gasteiger charge is -2.33. The third-order valence-electron chi connectivity index (χ3n) is 3.81. The lowest BCUT2D eigenvalue weighted by molar-refractivity contribution is -0.132. The van der Waals surface area contributed by atoms with Crippen molar-refractivity contribution in [3.63, 3.8) is 0 Å². The van der Waals surface area contributed by atoms with E-state index in [4.69, 9.17) is 9.15 Å². The molecule has 6 nitrogen and oxygen atoms in total. The molecule has 0 spiro atoms. The number of amides is 2. The predicted octanol–water partition coefficient (Wildman–Crippen LogP) is 2.81. The van der Waals surface area contributed by atoms with E-state index in [0.717, 1.165) is 0 Å². The summed E-state index contributed by atoms with van der Waals surface area (Å²) in [4.78, 5) is 27.9. The molecule has 0 fully saturated rings. The Balaban J connectivity index is 1.74. The van der Waals surface area contributed by atoms with Gasteiger partial charge in [0.1, 0.15) is 18.1 Å². The summed E-state index contributed by atoms with van der Waals surface area (Å²) in [6.07, 6.45) is -0.612. The Bertz CT molecular complexity index is 773. The molecular weight excluding hydrogens is 376 g/mol. The van der Waals surface area contributed by atoms with Crippen LogP contribution >= 0.6 is 15.9 Å². The molecule has 2 aromatic rings. The van der Waals surface area contributed by atoms with Crippen molar-refractivity contribution in [3.05, 3.63) is 46.8 Å². The average Bonchev–Trinajstić information content (AvgIpc) is 2.96. The van der Waals surface area contributed by atoms with Gasteiger partial charge in [-0.05, 0) is 47.1 Å². The normalized spacial score (nSPS) is 16.5. The Hall–Kier alpha value is -2.28. The summed E-state index contributed by atoms with van der Waals surface area (Å²) >= 11 is 3.23. The molecule has 2 heterocycles. The van der Waals surface area contributed by atoms with E-state index in [1.807, 2.05) is 12.1 Å². The van der Waals surface area contributed by atoms with Crippen LogP contribution in [0.5, 0.6) is 5.75 Å². The zero-order chi connectivity index (χ0) is 17.3. The molecule has 0 N–H and O–H groups in total. The number of halogens is 1. The number of benzene rings is 1. The third-order valence-corrected chi connectivity index (χ3v) is 4.24. The van der Waals surface area contributed by atoms with Crippen LogP contribution < -0.4 is 9.64 Å². The van der Waals surface area contributed by atoms with Gasteiger partial charge in [0.15, 0.2) is 10.8 Å². The van der Waals surface area contributed by atoms with Crippen molar-refractivity contribution < 1.29 is 18.7 Å². The minimum Gasteiger partial charge on any atom is -0.479 e. The van der Waals surface area contributed by atoms with Crippen LogP contribution in [0.15, 0.2) is 45.5 Å². The van der Waals surface area contributed by atoms with Gasteiger partial charge >= 0.3 is 0 Å². The minimum atomic E-state index is -0.612. The van der Waals surface area contributed by atoms with Crippen LogP contribution in [-0.2, 0) is 16.1 Å². The molecule has 0 saturated heterocycles. The van der Waals surface area contributed by atoms with Crippen LogP contribution in [0.3, 0.4) is 0 Å². The minimum absolute atomic E-state index is 0.0398. The summed E-state index contributed by atoms with van der Waals surface area (Å²) in [6.45, 7) is 1.97. The van der Waals surface area contributed by atoms with Gasteiger partial charge in [0, 0.05) is 7.05 Å². The summed E-state index contributed by atoms with van der Waals surface area (Å²) in [5, 5.41) is 0. The van der Waals surface area contributed by atoms with Crippen LogP contribution in [0.2, 0.25) is 0 Å². The van der Waals surface area contributed by atoms with E-state index in [1.54, 1.807) is 38.2 Å². The summed E-state index contributed by atoms with van der Waals surface area (Å²) in [7, 11) is 1.68. The molecule has 0 aliphatic carbocycles. The van der Waals surface area contributed by atoms with Gasteiger partial charge in [-0.15, -0.1) is 0 Å². The maximum absolute atomic E-state index is 12.5. The molecule has 1 aliphatic heterocycles. The standard InChI is InChI=1S/C17H17BrN2O4/c1-11-17(22)20(13-5-3-4-6-14(13)23-11)10-16(21)19(2)9-12-7-8-15(18)24-12/h3-8,11H,9-10H2,1-2H3. The first-order chi connectivity index (χ1) is 11.5. The lowest BCUT2D eigenvalue weighted by Crippen LogP contribution is -2.48. The van der Waals surface area contributed by atoms with Crippen LogP contribution in [0.4, 0.5) is 5.69 Å². The number of para-hydroxylation sites is 2. The number of likely N-dealkylation sites (N-methyl/N-ethyl adjacent to an activating group) is 1. The Labute approximate surface area is 148 Å². The van der Waals surface area contributed by atoms with E-state index < -0.39 is 6.10 Å². The number of hydrogen-bond donors (Lipinski definition) is 0. The zero-order valence-corrected chi connectivity index (χ0v) is 14.9. The SMILES string of the molecule is CC1Oc2ccccc2N(CC(=O)N(C)Cc2ccc(Br)o2)C1=O. The molecule has 1 aliphatic rings. The fourth-order valence-corrected chi connectivity index (χ4v) is 2.88. The fraction of sp³-hybridized carbons (Fsp3) is 0.294. The fourth-order valence-electron chi connectivity index (χ4n) is 2.54. The van der Waals surface area contributed by atoms with E-state index in [2.05, 4.69) is 15.9 Å². The van der Waals surface area contributed by atoms with Gasteiger partial charge in [0.05, 0.1) is 12.2 Å². The zero-order valence-electron chi connectivity index (χ0n) is 13.4. The highest BCUT2D eigenvalue weighted by Crippen LogP contribution is 2.33. The number of carbonyl (C=O) groups is 2. The van der Waals surface area contributed by atoms with Crippen molar-refractivity contribution in [1.29, 1.82) is 0 Å². The van der Waals surface area contributed by atoms with Gasteiger partial charge in [0.25, 0.3) is 5.91 Å². The summed E-state index contributed by atoms with van der Waals surface area (Å²) < 4.78 is 11.6. The summed E-state index contributed by atoms with van der Waals surface area (Å²) in [5.74, 6) is 0.866. The molecule has 1 aromatic carbocycles. The van der Waals surface area contributed by atoms with Gasteiger partial charge in [0.2, 0.25) is 5.91 Å². The number of furan rings is 1. The highest BCUT2D eigenvalue weighted by atomic mass is 79.9. The van der Waals surface area contributed by atoms with E-state index in [0.29, 0.717) is 28.4 Å². The average molecular weight is 393 g/mol. The molecule has 126 valence electrons. The van der Waals surface area contributed by atoms with Crippen molar-refractivity contribution in [2.24, 2.45) is 0 Å². The molecule has 3 rings (SSSR count). The number of ether oxygens (including phenoxy) is 1. The number of anilines is 1. The monoisotopic (exact) mass is 392 g/mol. The van der Waals surface area contributed by atoms with E-state index in [-0.39, 0.29) is 18.4 Å². The predicted molar refractivity (Wildman–Crippen MR) is 91.8 cm³/mol. The second kappa shape index (κ2) is 6.68. The Kier molecular flexibility index (Phi) is 4.62. The Morgan fingerprint density at radius 1 is 1.29 bits per heavy atom. The topological polar surface area (TPSA) is 63.0 Å². The number of fused-ring (bicyclic) bond motifs is 1. The summed E-state index contributed by atoms with van der Waals surface area (Å²) in [6, 6.07) is 10.8. The number of hydrogen-bond acceptors (Lipinski definition) is 4.